The largest absolute Gasteiger partial charge is 0.300 e. The van der Waals surface area contributed by atoms with E-state index in [2.05, 4.69) is 0 Å². The molecule has 0 N–H and O–H groups in total. The molecule has 2 aliphatic carbocycles. The highest BCUT2D eigenvalue weighted by atomic mass is 31.2. The predicted octanol–water partition coefficient (Wildman–Crippen LogP) is 8.43. The Hall–Kier alpha value is -4.36. The first kappa shape index (κ1) is 26.3. The number of benzene rings is 6. The van der Waals surface area contributed by atoms with Gasteiger partial charge in [0.05, 0.1) is 5.41 Å². The van der Waals surface area contributed by atoms with Gasteiger partial charge in [-0.2, -0.15) is 8.39 Å². The van der Waals surface area contributed by atoms with Gasteiger partial charge in [0.2, 0.25) is 0 Å². The molecular weight excluding hydrogens is 576 g/mol. The third-order valence-corrected chi connectivity index (χ3v) is 12.7. The minimum atomic E-state index is -4.43. The second kappa shape index (κ2) is 9.32. The van der Waals surface area contributed by atoms with Crippen molar-refractivity contribution >= 4 is 36.1 Å². The van der Waals surface area contributed by atoms with Gasteiger partial charge in [0.25, 0.3) is 14.9 Å². The van der Waals surface area contributed by atoms with Crippen LogP contribution in [0.1, 0.15) is 22.3 Å². The molecule has 0 aromatic heterocycles. The third-order valence-electron chi connectivity index (χ3n) is 8.90. The first-order valence-electron chi connectivity index (χ1n) is 14.0. The lowest BCUT2D eigenvalue weighted by atomic mass is 9.70. The Morgan fingerprint density at radius 2 is 0.721 bits per heavy atom. The van der Waals surface area contributed by atoms with Crippen LogP contribution in [0, 0.1) is 0 Å². The minimum absolute atomic E-state index is 0.104. The van der Waals surface area contributed by atoms with Gasteiger partial charge in [-0.3, -0.25) is 9.13 Å². The molecule has 0 radical (unpaired) electrons. The molecule has 0 saturated heterocycles. The maximum atomic E-state index is 16.3. The lowest BCUT2D eigenvalue weighted by molar-refractivity contribution is 0.557. The normalized spacial score (nSPS) is 18.7. The van der Waals surface area contributed by atoms with E-state index in [1.807, 2.05) is 60.7 Å². The summed E-state index contributed by atoms with van der Waals surface area (Å²) in [5, 5.41) is 0.477. The van der Waals surface area contributed by atoms with Crippen LogP contribution in [0.5, 0.6) is 0 Å². The molecule has 208 valence electrons. The maximum Gasteiger partial charge on any atom is 0.300 e. The molecule has 2 nitrogen and oxygen atoms in total. The molecule has 2 unspecified atom stereocenters. The van der Waals surface area contributed by atoms with Gasteiger partial charge in [-0.15, -0.1) is 0 Å². The molecule has 2 atom stereocenters. The molecule has 6 heteroatoms. The van der Waals surface area contributed by atoms with Gasteiger partial charge in [-0.05, 0) is 93.0 Å². The van der Waals surface area contributed by atoms with Crippen molar-refractivity contribution in [2.24, 2.45) is 0 Å². The van der Waals surface area contributed by atoms with Crippen LogP contribution in [0.2, 0.25) is 0 Å². The van der Waals surface area contributed by atoms with E-state index in [-0.39, 0.29) is 21.2 Å². The molecule has 0 aliphatic heterocycles. The van der Waals surface area contributed by atoms with Gasteiger partial charge < -0.3 is 0 Å². The van der Waals surface area contributed by atoms with E-state index in [0.717, 1.165) is 44.5 Å². The van der Waals surface area contributed by atoms with Crippen LogP contribution < -0.4 is 21.2 Å². The Balaban J connectivity index is 1.45. The van der Waals surface area contributed by atoms with E-state index in [1.165, 1.54) is 0 Å². The van der Waals surface area contributed by atoms with Crippen molar-refractivity contribution in [2.75, 3.05) is 0 Å². The lowest BCUT2D eigenvalue weighted by Crippen LogP contribution is -2.28. The summed E-state index contributed by atoms with van der Waals surface area (Å²) < 4.78 is 60.1. The van der Waals surface area contributed by atoms with Gasteiger partial charge in [0.1, 0.15) is 0 Å². The van der Waals surface area contributed by atoms with Crippen LogP contribution in [0.4, 0.5) is 8.39 Å². The summed E-state index contributed by atoms with van der Waals surface area (Å²) >= 11 is 0. The molecule has 0 amide bonds. The first-order valence-corrected chi connectivity index (χ1v) is 17.2. The van der Waals surface area contributed by atoms with Crippen LogP contribution in [0.15, 0.2) is 146 Å². The molecule has 0 bridgehead atoms. The van der Waals surface area contributed by atoms with E-state index in [0.29, 0.717) is 0 Å². The molecule has 0 fully saturated rings. The Bertz CT molecular complexity index is 2020. The Morgan fingerprint density at radius 1 is 0.372 bits per heavy atom. The van der Waals surface area contributed by atoms with Crippen LogP contribution >= 0.6 is 14.9 Å². The van der Waals surface area contributed by atoms with Crippen molar-refractivity contribution in [1.82, 2.24) is 0 Å². The minimum Gasteiger partial charge on any atom is -0.277 e. The quantitative estimate of drug-likeness (QED) is 0.190. The summed E-state index contributed by atoms with van der Waals surface area (Å²) in [6.45, 7) is 0. The average molecular weight is 601 g/mol. The molecule has 2 aliphatic rings. The van der Waals surface area contributed by atoms with Crippen LogP contribution in [0.3, 0.4) is 0 Å². The van der Waals surface area contributed by atoms with E-state index in [1.54, 1.807) is 84.9 Å². The molecule has 6 aromatic carbocycles. The summed E-state index contributed by atoms with van der Waals surface area (Å²) in [5.74, 6) is 0. The summed E-state index contributed by atoms with van der Waals surface area (Å²) in [6, 6.07) is 42.8. The molecular formula is C37H24F2O2P2. The van der Waals surface area contributed by atoms with Crippen molar-refractivity contribution < 1.29 is 17.5 Å². The van der Waals surface area contributed by atoms with Crippen LogP contribution in [-0.2, 0) is 14.5 Å². The van der Waals surface area contributed by atoms with Crippen LogP contribution in [-0.4, -0.2) is 0 Å². The van der Waals surface area contributed by atoms with Gasteiger partial charge in [-0.1, -0.05) is 97.1 Å². The van der Waals surface area contributed by atoms with E-state index < -0.39 is 20.3 Å². The monoisotopic (exact) mass is 600 g/mol. The standard InChI is InChI=1S/C37H24F2O2P2/c38-42(40,25-11-3-1-4-12-25)27-19-21-31-29-15-7-9-17-33(29)37(35(31)23-27)34-18-10-8-16-30(34)32-22-20-28(24-36(32)37)43(39,41)26-13-5-2-6-14-26/h1-24H. The average Bonchev–Trinajstić information content (AvgIpc) is 3.52. The van der Waals surface area contributed by atoms with Crippen molar-refractivity contribution in [3.63, 3.8) is 0 Å². The second-order valence-electron chi connectivity index (χ2n) is 11.0. The predicted molar refractivity (Wildman–Crippen MR) is 172 cm³/mol. The van der Waals surface area contributed by atoms with Gasteiger partial charge in [0, 0.05) is 21.2 Å². The first-order chi connectivity index (χ1) is 20.8. The number of fused-ring (bicyclic) bond motifs is 10. The van der Waals surface area contributed by atoms with Crippen LogP contribution in [0.25, 0.3) is 22.3 Å². The topological polar surface area (TPSA) is 34.1 Å². The number of rotatable bonds is 4. The highest BCUT2D eigenvalue weighted by Gasteiger charge is 2.52. The molecule has 1 spiro atoms. The van der Waals surface area contributed by atoms with Gasteiger partial charge in [0.15, 0.2) is 0 Å². The summed E-state index contributed by atoms with van der Waals surface area (Å²) in [7, 11) is -8.86. The maximum absolute atomic E-state index is 16.3. The smallest absolute Gasteiger partial charge is 0.277 e. The fourth-order valence-electron chi connectivity index (χ4n) is 7.01. The fourth-order valence-corrected chi connectivity index (χ4v) is 9.84. The summed E-state index contributed by atoms with van der Waals surface area (Å²) in [5.41, 5.74) is 6.26. The Morgan fingerprint density at radius 3 is 1.14 bits per heavy atom. The van der Waals surface area contributed by atoms with Crippen molar-refractivity contribution in [1.29, 1.82) is 0 Å². The molecule has 6 aromatic rings. The molecule has 8 rings (SSSR count). The van der Waals surface area contributed by atoms with E-state index in [9.17, 15) is 9.13 Å². The summed E-state index contributed by atoms with van der Waals surface area (Å²) in [6.07, 6.45) is 0. The highest BCUT2D eigenvalue weighted by Crippen LogP contribution is 2.63. The highest BCUT2D eigenvalue weighted by molar-refractivity contribution is 7.74. The third kappa shape index (κ3) is 3.58. The second-order valence-corrected chi connectivity index (χ2v) is 15.2. The SMILES string of the molecule is O=P(F)(c1ccccc1)c1ccc2c(c1)C1(c3ccccc3-2)c2ccccc2-c2ccc(P(=O)(F)c3ccccc3)cc21. The molecule has 43 heavy (non-hydrogen) atoms. The van der Waals surface area contributed by atoms with Crippen molar-refractivity contribution in [3.05, 3.63) is 168 Å². The molecule has 0 saturated carbocycles. The zero-order valence-corrected chi connectivity index (χ0v) is 24.6. The Kier molecular flexibility index (Phi) is 5.70. The van der Waals surface area contributed by atoms with Crippen molar-refractivity contribution in [3.8, 4) is 22.3 Å². The number of hydrogen-bond donors (Lipinski definition) is 0. The Labute approximate surface area is 248 Å². The zero-order chi connectivity index (χ0) is 29.4. The van der Waals surface area contributed by atoms with E-state index in [4.69, 9.17) is 0 Å². The van der Waals surface area contributed by atoms with Gasteiger partial charge in [-0.25, -0.2) is 0 Å². The van der Waals surface area contributed by atoms with Gasteiger partial charge >= 0.3 is 0 Å². The van der Waals surface area contributed by atoms with E-state index >= 15 is 8.39 Å². The summed E-state index contributed by atoms with van der Waals surface area (Å²) in [4.78, 5) is 0. The lowest BCUT2D eigenvalue weighted by Gasteiger charge is -2.31. The fraction of sp³-hybridized carbons (Fsp3) is 0.0270. The van der Waals surface area contributed by atoms with Crippen molar-refractivity contribution in [2.45, 2.75) is 5.41 Å². The number of hydrogen-bond acceptors (Lipinski definition) is 2. The number of halogens is 2. The molecule has 0 heterocycles. The zero-order valence-electron chi connectivity index (χ0n) is 22.8.